The van der Waals surface area contributed by atoms with E-state index in [0.717, 1.165) is 12.2 Å². The molecule has 1 heterocycles. The Hall–Kier alpha value is -1.77. The first-order chi connectivity index (χ1) is 8.13. The fourth-order valence-electron chi connectivity index (χ4n) is 1.69. The SMILES string of the molecule is CCCOc1ccc2c(=O)c(C)c(C)oc2c1. The van der Waals surface area contributed by atoms with Crippen molar-refractivity contribution < 1.29 is 9.15 Å². The molecule has 0 spiro atoms. The van der Waals surface area contributed by atoms with Crippen molar-refractivity contribution in [3.63, 3.8) is 0 Å². The molecule has 0 unspecified atom stereocenters. The van der Waals surface area contributed by atoms with E-state index in [1.807, 2.05) is 6.07 Å². The van der Waals surface area contributed by atoms with Crippen molar-refractivity contribution >= 4 is 11.0 Å². The summed E-state index contributed by atoms with van der Waals surface area (Å²) in [6.07, 6.45) is 0.953. The van der Waals surface area contributed by atoms with Gasteiger partial charge < -0.3 is 9.15 Å². The molecule has 0 atom stereocenters. The van der Waals surface area contributed by atoms with Crippen LogP contribution in [0.25, 0.3) is 11.0 Å². The number of benzene rings is 1. The molecule has 0 saturated heterocycles. The van der Waals surface area contributed by atoms with Crippen molar-refractivity contribution in [2.24, 2.45) is 0 Å². The molecule has 17 heavy (non-hydrogen) atoms. The average Bonchev–Trinajstić information content (AvgIpc) is 2.33. The van der Waals surface area contributed by atoms with Gasteiger partial charge in [-0.15, -0.1) is 0 Å². The Morgan fingerprint density at radius 3 is 2.76 bits per heavy atom. The lowest BCUT2D eigenvalue weighted by molar-refractivity contribution is 0.317. The molecule has 3 nitrogen and oxygen atoms in total. The largest absolute Gasteiger partial charge is 0.493 e. The number of ether oxygens (including phenoxy) is 1. The molecule has 0 aliphatic heterocycles. The molecule has 0 N–H and O–H groups in total. The van der Waals surface area contributed by atoms with Crippen LogP contribution in [0.3, 0.4) is 0 Å². The molecular formula is C14H16O3. The highest BCUT2D eigenvalue weighted by Crippen LogP contribution is 2.20. The lowest BCUT2D eigenvalue weighted by Gasteiger charge is -2.06. The standard InChI is InChI=1S/C14H16O3/c1-4-7-16-11-5-6-12-13(8-11)17-10(3)9(2)14(12)15/h5-6,8H,4,7H2,1-3H3. The number of hydrogen-bond donors (Lipinski definition) is 0. The first kappa shape index (κ1) is 11.7. The van der Waals surface area contributed by atoms with Crippen LogP contribution in [0.1, 0.15) is 24.7 Å². The summed E-state index contributed by atoms with van der Waals surface area (Å²) in [5.74, 6) is 1.40. The van der Waals surface area contributed by atoms with Crippen molar-refractivity contribution in [3.05, 3.63) is 39.7 Å². The molecule has 90 valence electrons. The monoisotopic (exact) mass is 232 g/mol. The molecular weight excluding hydrogens is 216 g/mol. The van der Waals surface area contributed by atoms with Crippen molar-refractivity contribution in [1.29, 1.82) is 0 Å². The maximum atomic E-state index is 12.0. The minimum Gasteiger partial charge on any atom is -0.493 e. The van der Waals surface area contributed by atoms with Gasteiger partial charge in [0.1, 0.15) is 17.1 Å². The highest BCUT2D eigenvalue weighted by molar-refractivity contribution is 5.78. The van der Waals surface area contributed by atoms with Crippen LogP contribution in [0.2, 0.25) is 0 Å². The van der Waals surface area contributed by atoms with Gasteiger partial charge in [0.25, 0.3) is 0 Å². The van der Waals surface area contributed by atoms with Crippen LogP contribution >= 0.6 is 0 Å². The van der Waals surface area contributed by atoms with Crippen molar-refractivity contribution in [2.45, 2.75) is 27.2 Å². The van der Waals surface area contributed by atoms with Gasteiger partial charge in [-0.05, 0) is 32.4 Å². The summed E-state index contributed by atoms with van der Waals surface area (Å²) >= 11 is 0. The lowest BCUT2D eigenvalue weighted by atomic mass is 10.1. The van der Waals surface area contributed by atoms with Gasteiger partial charge in [-0.2, -0.15) is 0 Å². The van der Waals surface area contributed by atoms with Gasteiger partial charge in [0, 0.05) is 11.6 Å². The van der Waals surface area contributed by atoms with Crippen LogP contribution in [-0.2, 0) is 0 Å². The minimum absolute atomic E-state index is 0.0331. The van der Waals surface area contributed by atoms with E-state index in [4.69, 9.17) is 9.15 Å². The Kier molecular flexibility index (Phi) is 3.18. The zero-order valence-electron chi connectivity index (χ0n) is 10.4. The quantitative estimate of drug-likeness (QED) is 0.815. The molecule has 0 amide bonds. The van der Waals surface area contributed by atoms with Gasteiger partial charge in [0.05, 0.1) is 12.0 Å². The first-order valence-electron chi connectivity index (χ1n) is 5.80. The van der Waals surface area contributed by atoms with Gasteiger partial charge >= 0.3 is 0 Å². The number of hydrogen-bond acceptors (Lipinski definition) is 3. The molecule has 1 aromatic heterocycles. The van der Waals surface area contributed by atoms with Gasteiger partial charge in [0.2, 0.25) is 0 Å². The third-order valence-corrected chi connectivity index (χ3v) is 2.80. The molecule has 1 aromatic carbocycles. The fourth-order valence-corrected chi connectivity index (χ4v) is 1.69. The van der Waals surface area contributed by atoms with Crippen LogP contribution in [-0.4, -0.2) is 6.61 Å². The fraction of sp³-hybridized carbons (Fsp3) is 0.357. The zero-order valence-corrected chi connectivity index (χ0v) is 10.4. The van der Waals surface area contributed by atoms with E-state index in [0.29, 0.717) is 28.9 Å². The van der Waals surface area contributed by atoms with Crippen molar-refractivity contribution in [1.82, 2.24) is 0 Å². The van der Waals surface area contributed by atoms with E-state index in [9.17, 15) is 4.79 Å². The molecule has 0 fully saturated rings. The van der Waals surface area contributed by atoms with Crippen LogP contribution < -0.4 is 10.2 Å². The van der Waals surface area contributed by atoms with Crippen molar-refractivity contribution in [3.8, 4) is 5.75 Å². The van der Waals surface area contributed by atoms with Gasteiger partial charge in [0.15, 0.2) is 5.43 Å². The Balaban J connectivity index is 2.55. The third-order valence-electron chi connectivity index (χ3n) is 2.80. The second kappa shape index (κ2) is 4.62. The molecule has 0 bridgehead atoms. The van der Waals surface area contributed by atoms with E-state index in [-0.39, 0.29) is 5.43 Å². The summed E-state index contributed by atoms with van der Waals surface area (Å²) < 4.78 is 11.1. The summed E-state index contributed by atoms with van der Waals surface area (Å²) in [7, 11) is 0. The van der Waals surface area contributed by atoms with E-state index in [1.54, 1.807) is 26.0 Å². The Morgan fingerprint density at radius 2 is 2.06 bits per heavy atom. The summed E-state index contributed by atoms with van der Waals surface area (Å²) in [4.78, 5) is 12.0. The molecule has 0 radical (unpaired) electrons. The molecule has 0 saturated carbocycles. The highest BCUT2D eigenvalue weighted by atomic mass is 16.5. The Morgan fingerprint density at radius 1 is 1.29 bits per heavy atom. The van der Waals surface area contributed by atoms with Crippen LogP contribution in [0.4, 0.5) is 0 Å². The van der Waals surface area contributed by atoms with Gasteiger partial charge in [-0.3, -0.25) is 4.79 Å². The van der Waals surface area contributed by atoms with Gasteiger partial charge in [-0.1, -0.05) is 6.92 Å². The maximum absolute atomic E-state index is 12.0. The highest BCUT2D eigenvalue weighted by Gasteiger charge is 2.08. The number of aryl methyl sites for hydroxylation is 1. The predicted octanol–water partition coefficient (Wildman–Crippen LogP) is 3.20. The molecule has 3 heteroatoms. The first-order valence-corrected chi connectivity index (χ1v) is 5.80. The lowest BCUT2D eigenvalue weighted by Crippen LogP contribution is -2.07. The summed E-state index contributed by atoms with van der Waals surface area (Å²) in [5, 5.41) is 0.608. The predicted molar refractivity (Wildman–Crippen MR) is 67.7 cm³/mol. The molecule has 2 aromatic rings. The van der Waals surface area contributed by atoms with Gasteiger partial charge in [-0.25, -0.2) is 0 Å². The topological polar surface area (TPSA) is 39.4 Å². The third kappa shape index (κ3) is 2.18. The summed E-state index contributed by atoms with van der Waals surface area (Å²) in [5.41, 5.74) is 1.29. The van der Waals surface area contributed by atoms with E-state index < -0.39 is 0 Å². The van der Waals surface area contributed by atoms with E-state index >= 15 is 0 Å². The normalized spacial score (nSPS) is 10.8. The number of rotatable bonds is 3. The second-order valence-electron chi connectivity index (χ2n) is 4.12. The average molecular weight is 232 g/mol. The summed E-state index contributed by atoms with van der Waals surface area (Å²) in [6.45, 7) is 6.30. The molecule has 0 aliphatic carbocycles. The zero-order chi connectivity index (χ0) is 12.4. The molecule has 0 aliphatic rings. The van der Waals surface area contributed by atoms with Crippen LogP contribution in [0.15, 0.2) is 27.4 Å². The molecule has 2 rings (SSSR count). The smallest absolute Gasteiger partial charge is 0.195 e. The second-order valence-corrected chi connectivity index (χ2v) is 4.12. The minimum atomic E-state index is 0.0331. The Labute approximate surface area is 100 Å². The van der Waals surface area contributed by atoms with Crippen molar-refractivity contribution in [2.75, 3.05) is 6.61 Å². The van der Waals surface area contributed by atoms with E-state index in [2.05, 4.69) is 6.92 Å². The maximum Gasteiger partial charge on any atom is 0.195 e. The van der Waals surface area contributed by atoms with E-state index in [1.165, 1.54) is 0 Å². The summed E-state index contributed by atoms with van der Waals surface area (Å²) in [6, 6.07) is 5.35. The number of fused-ring (bicyclic) bond motifs is 1. The van der Waals surface area contributed by atoms with Crippen LogP contribution in [0, 0.1) is 13.8 Å². The Bertz CT molecular complexity index is 596. The van der Waals surface area contributed by atoms with Crippen LogP contribution in [0.5, 0.6) is 5.75 Å².